The van der Waals surface area contributed by atoms with Crippen molar-refractivity contribution in [2.24, 2.45) is 0 Å². The molecular weight excluding hydrogens is 316 g/mol. The van der Waals surface area contributed by atoms with Gasteiger partial charge in [0.25, 0.3) is 0 Å². The lowest BCUT2D eigenvalue weighted by Gasteiger charge is -2.14. The van der Waals surface area contributed by atoms with E-state index < -0.39 is 0 Å². The molecule has 0 aliphatic carbocycles. The molecule has 25 heavy (non-hydrogen) atoms. The molecule has 0 aliphatic rings. The van der Waals surface area contributed by atoms with E-state index in [1.165, 1.54) is 0 Å². The molecule has 0 aromatic heterocycles. The van der Waals surface area contributed by atoms with Gasteiger partial charge < -0.3 is 20.1 Å². The number of amides is 1. The number of para-hydroxylation sites is 2. The van der Waals surface area contributed by atoms with Crippen LogP contribution in [0.1, 0.15) is 27.2 Å². The molecule has 5 heteroatoms. The fourth-order valence-electron chi connectivity index (χ4n) is 2.24. The summed E-state index contributed by atoms with van der Waals surface area (Å²) >= 11 is 0. The molecule has 0 fully saturated rings. The van der Waals surface area contributed by atoms with Gasteiger partial charge in [0.05, 0.1) is 24.9 Å². The minimum Gasteiger partial charge on any atom is -0.492 e. The zero-order valence-corrected chi connectivity index (χ0v) is 15.0. The highest BCUT2D eigenvalue weighted by atomic mass is 16.5. The summed E-state index contributed by atoms with van der Waals surface area (Å²) in [5.74, 6) is 1.36. The Kier molecular flexibility index (Phi) is 7.14. The molecule has 0 heterocycles. The normalized spacial score (nSPS) is 11.5. The summed E-state index contributed by atoms with van der Waals surface area (Å²) in [5, 5.41) is 5.98. The van der Waals surface area contributed by atoms with Crippen LogP contribution in [0, 0.1) is 0 Å². The maximum atomic E-state index is 12.2. The third-order valence-electron chi connectivity index (χ3n) is 3.66. The van der Waals surface area contributed by atoms with Gasteiger partial charge in [-0.25, -0.2) is 0 Å². The number of anilines is 2. The van der Waals surface area contributed by atoms with E-state index in [0.717, 1.165) is 23.6 Å². The second-order valence-electron chi connectivity index (χ2n) is 5.70. The van der Waals surface area contributed by atoms with Crippen LogP contribution in [0.4, 0.5) is 11.4 Å². The van der Waals surface area contributed by atoms with Gasteiger partial charge in [0.2, 0.25) is 5.91 Å². The number of carbonyl (C=O) groups excluding carboxylic acids is 1. The van der Waals surface area contributed by atoms with E-state index in [1.807, 2.05) is 62.4 Å². The number of nitrogens with one attached hydrogen (secondary N) is 2. The Morgan fingerprint density at radius 3 is 2.68 bits per heavy atom. The molecule has 0 bridgehead atoms. The number of rotatable bonds is 9. The first-order valence-electron chi connectivity index (χ1n) is 8.64. The highest BCUT2D eigenvalue weighted by Gasteiger charge is 2.07. The predicted octanol–water partition coefficient (Wildman–Crippen LogP) is 4.31. The number of carbonyl (C=O) groups is 1. The number of hydrogen-bond acceptors (Lipinski definition) is 4. The summed E-state index contributed by atoms with van der Waals surface area (Å²) in [7, 11) is 0. The lowest BCUT2D eigenvalue weighted by molar-refractivity contribution is -0.114. The van der Waals surface area contributed by atoms with E-state index >= 15 is 0 Å². The van der Waals surface area contributed by atoms with E-state index in [9.17, 15) is 4.79 Å². The van der Waals surface area contributed by atoms with Crippen LogP contribution in [0.15, 0.2) is 48.5 Å². The molecule has 2 aromatic rings. The zero-order valence-electron chi connectivity index (χ0n) is 15.0. The van der Waals surface area contributed by atoms with Gasteiger partial charge in [0.1, 0.15) is 11.5 Å². The SMILES string of the molecule is CCOc1ccccc1NCC(=O)Nc1cccc(OC(C)CC)c1. The van der Waals surface area contributed by atoms with Crippen molar-refractivity contribution in [1.29, 1.82) is 0 Å². The Hall–Kier alpha value is -2.69. The topological polar surface area (TPSA) is 59.6 Å². The Morgan fingerprint density at radius 1 is 1.12 bits per heavy atom. The van der Waals surface area contributed by atoms with Crippen molar-refractivity contribution >= 4 is 17.3 Å². The van der Waals surface area contributed by atoms with Crippen molar-refractivity contribution in [1.82, 2.24) is 0 Å². The molecule has 5 nitrogen and oxygen atoms in total. The van der Waals surface area contributed by atoms with E-state index in [4.69, 9.17) is 9.47 Å². The molecule has 1 amide bonds. The minimum atomic E-state index is -0.132. The standard InChI is InChI=1S/C20H26N2O3/c1-4-15(3)25-17-10-8-9-16(13-17)22-20(23)14-21-18-11-6-7-12-19(18)24-5-2/h6-13,15,21H,4-5,14H2,1-3H3,(H,22,23). The van der Waals surface area contributed by atoms with Crippen LogP contribution in [0.3, 0.4) is 0 Å². The first-order valence-corrected chi connectivity index (χ1v) is 8.64. The minimum absolute atomic E-state index is 0.132. The molecule has 2 rings (SSSR count). The van der Waals surface area contributed by atoms with Gasteiger partial charge in [-0.3, -0.25) is 4.79 Å². The molecule has 0 saturated carbocycles. The van der Waals surface area contributed by atoms with E-state index in [0.29, 0.717) is 12.3 Å². The maximum Gasteiger partial charge on any atom is 0.243 e. The molecule has 0 saturated heterocycles. The van der Waals surface area contributed by atoms with E-state index in [1.54, 1.807) is 0 Å². The Balaban J connectivity index is 1.91. The Labute approximate surface area is 149 Å². The van der Waals surface area contributed by atoms with Gasteiger partial charge in [-0.2, -0.15) is 0 Å². The van der Waals surface area contributed by atoms with Gasteiger partial charge in [-0.05, 0) is 44.5 Å². The van der Waals surface area contributed by atoms with Crippen LogP contribution in [-0.2, 0) is 4.79 Å². The zero-order chi connectivity index (χ0) is 18.1. The molecule has 0 radical (unpaired) electrons. The maximum absolute atomic E-state index is 12.2. The van der Waals surface area contributed by atoms with Crippen LogP contribution in [-0.4, -0.2) is 25.2 Å². The second kappa shape index (κ2) is 9.57. The van der Waals surface area contributed by atoms with Crippen LogP contribution in [0.25, 0.3) is 0 Å². The van der Waals surface area contributed by atoms with Gasteiger partial charge >= 0.3 is 0 Å². The molecule has 134 valence electrons. The highest BCUT2D eigenvalue weighted by Crippen LogP contribution is 2.23. The smallest absolute Gasteiger partial charge is 0.243 e. The second-order valence-corrected chi connectivity index (χ2v) is 5.70. The highest BCUT2D eigenvalue weighted by molar-refractivity contribution is 5.94. The largest absolute Gasteiger partial charge is 0.492 e. The van der Waals surface area contributed by atoms with Crippen LogP contribution >= 0.6 is 0 Å². The molecular formula is C20H26N2O3. The van der Waals surface area contributed by atoms with Gasteiger partial charge in [-0.1, -0.05) is 25.1 Å². The van der Waals surface area contributed by atoms with Crippen molar-refractivity contribution in [3.63, 3.8) is 0 Å². The number of ether oxygens (including phenoxy) is 2. The van der Waals surface area contributed by atoms with Crippen LogP contribution in [0.5, 0.6) is 11.5 Å². The lowest BCUT2D eigenvalue weighted by Crippen LogP contribution is -2.22. The third-order valence-corrected chi connectivity index (χ3v) is 3.66. The summed E-state index contributed by atoms with van der Waals surface area (Å²) in [6.07, 6.45) is 1.07. The predicted molar refractivity (Wildman–Crippen MR) is 102 cm³/mol. The molecule has 0 aliphatic heterocycles. The van der Waals surface area contributed by atoms with Crippen molar-refractivity contribution in [3.8, 4) is 11.5 Å². The molecule has 2 aromatic carbocycles. The fraction of sp³-hybridized carbons (Fsp3) is 0.350. The van der Waals surface area contributed by atoms with Crippen molar-refractivity contribution in [2.75, 3.05) is 23.8 Å². The van der Waals surface area contributed by atoms with Gasteiger partial charge in [-0.15, -0.1) is 0 Å². The monoisotopic (exact) mass is 342 g/mol. The van der Waals surface area contributed by atoms with Crippen molar-refractivity contribution < 1.29 is 14.3 Å². The van der Waals surface area contributed by atoms with Crippen molar-refractivity contribution in [2.45, 2.75) is 33.3 Å². The first-order chi connectivity index (χ1) is 12.1. The molecule has 1 unspecified atom stereocenters. The quantitative estimate of drug-likeness (QED) is 0.713. The first kappa shape index (κ1) is 18.6. The van der Waals surface area contributed by atoms with Crippen molar-refractivity contribution in [3.05, 3.63) is 48.5 Å². The summed E-state index contributed by atoms with van der Waals surface area (Å²) in [6, 6.07) is 15.0. The lowest BCUT2D eigenvalue weighted by atomic mass is 10.2. The fourth-order valence-corrected chi connectivity index (χ4v) is 2.24. The van der Waals surface area contributed by atoms with Gasteiger partial charge in [0.15, 0.2) is 0 Å². The van der Waals surface area contributed by atoms with Crippen LogP contribution < -0.4 is 20.1 Å². The Bertz CT molecular complexity index is 688. The molecule has 1 atom stereocenters. The average Bonchev–Trinajstić information content (AvgIpc) is 2.61. The van der Waals surface area contributed by atoms with Crippen LogP contribution in [0.2, 0.25) is 0 Å². The third kappa shape index (κ3) is 6.03. The summed E-state index contributed by atoms with van der Waals surface area (Å²) in [5.41, 5.74) is 1.51. The van der Waals surface area contributed by atoms with E-state index in [-0.39, 0.29) is 18.6 Å². The van der Waals surface area contributed by atoms with E-state index in [2.05, 4.69) is 17.6 Å². The molecule has 2 N–H and O–H groups in total. The number of hydrogen-bond donors (Lipinski definition) is 2. The molecule has 0 spiro atoms. The summed E-state index contributed by atoms with van der Waals surface area (Å²) < 4.78 is 11.3. The average molecular weight is 342 g/mol. The van der Waals surface area contributed by atoms with Gasteiger partial charge in [0, 0.05) is 11.8 Å². The number of benzene rings is 2. The summed E-state index contributed by atoms with van der Waals surface area (Å²) in [6.45, 7) is 6.75. The summed E-state index contributed by atoms with van der Waals surface area (Å²) in [4.78, 5) is 12.2. The Morgan fingerprint density at radius 2 is 1.92 bits per heavy atom.